The molecular weight excluding hydrogens is 468 g/mol. The molecule has 2 unspecified atom stereocenters. The average Bonchev–Trinajstić information content (AvgIpc) is 2.90. The van der Waals surface area contributed by atoms with Gasteiger partial charge in [-0.1, -0.05) is 24.3 Å². The topological polar surface area (TPSA) is 85.2 Å². The van der Waals surface area contributed by atoms with Gasteiger partial charge in [-0.25, -0.2) is 5.43 Å². The van der Waals surface area contributed by atoms with E-state index >= 15 is 0 Å². The second-order valence-electron chi connectivity index (χ2n) is 9.59. The number of nitrogens with zero attached hydrogens (tertiary/aromatic N) is 3. The van der Waals surface area contributed by atoms with Crippen LogP contribution in [0.25, 0.3) is 0 Å². The first-order chi connectivity index (χ1) is 18.1. The lowest BCUT2D eigenvalue weighted by atomic mass is 9.83. The third-order valence-electron chi connectivity index (χ3n) is 6.85. The van der Waals surface area contributed by atoms with Crippen LogP contribution in [0.1, 0.15) is 36.1 Å². The Morgan fingerprint density at radius 2 is 1.92 bits per heavy atom. The summed E-state index contributed by atoms with van der Waals surface area (Å²) in [5.74, 6) is 1.97. The lowest BCUT2D eigenvalue weighted by Gasteiger charge is -2.43. The summed E-state index contributed by atoms with van der Waals surface area (Å²) in [6.07, 6.45) is 2.76. The van der Waals surface area contributed by atoms with E-state index in [0.717, 1.165) is 55.2 Å². The Morgan fingerprint density at radius 1 is 1.05 bits per heavy atom. The minimum Gasteiger partial charge on any atom is -0.494 e. The lowest BCUT2D eigenvalue weighted by Crippen LogP contribution is -2.46. The standard InChI is InChI=1S/C29H32N4O4/c1-2-36-27-12-11-21(15-30-31-28(34)20-37-25-7-4-3-5-8-25)13-24(27)19-32-16-22-14-23(18-32)26-9-6-10-29(35)33(26)17-22/h3-13,15,22-23H,2,14,16-20H2,1H3,(H,31,34). The number of amides is 1. The highest BCUT2D eigenvalue weighted by Gasteiger charge is 2.34. The van der Waals surface area contributed by atoms with E-state index in [2.05, 4.69) is 27.6 Å². The Labute approximate surface area is 216 Å². The zero-order valence-corrected chi connectivity index (χ0v) is 21.0. The summed E-state index contributed by atoms with van der Waals surface area (Å²) >= 11 is 0. The van der Waals surface area contributed by atoms with Crippen LogP contribution in [0.5, 0.6) is 11.5 Å². The molecule has 1 N–H and O–H groups in total. The molecule has 2 aliphatic heterocycles. The number of hydrogen-bond donors (Lipinski definition) is 1. The molecule has 3 heterocycles. The Kier molecular flexibility index (Phi) is 7.65. The van der Waals surface area contributed by atoms with Crippen molar-refractivity contribution < 1.29 is 14.3 Å². The highest BCUT2D eigenvalue weighted by molar-refractivity contribution is 5.83. The van der Waals surface area contributed by atoms with E-state index in [1.165, 1.54) is 0 Å². The van der Waals surface area contributed by atoms with E-state index < -0.39 is 0 Å². The minimum absolute atomic E-state index is 0.102. The molecule has 1 amide bonds. The first-order valence-corrected chi connectivity index (χ1v) is 12.8. The summed E-state index contributed by atoms with van der Waals surface area (Å²) in [6.45, 7) is 5.83. The highest BCUT2D eigenvalue weighted by atomic mass is 16.5. The van der Waals surface area contributed by atoms with Crippen LogP contribution in [0.15, 0.2) is 76.6 Å². The quantitative estimate of drug-likeness (QED) is 0.360. The van der Waals surface area contributed by atoms with Gasteiger partial charge in [-0.3, -0.25) is 14.5 Å². The van der Waals surface area contributed by atoms with Crippen molar-refractivity contribution in [3.8, 4) is 11.5 Å². The zero-order chi connectivity index (χ0) is 25.6. The molecule has 8 heteroatoms. The summed E-state index contributed by atoms with van der Waals surface area (Å²) in [7, 11) is 0. The molecule has 37 heavy (non-hydrogen) atoms. The summed E-state index contributed by atoms with van der Waals surface area (Å²) < 4.78 is 13.3. The van der Waals surface area contributed by atoms with Crippen molar-refractivity contribution in [2.24, 2.45) is 11.0 Å². The second kappa shape index (κ2) is 11.4. The fraction of sp³-hybridized carbons (Fsp3) is 0.345. The first kappa shape index (κ1) is 24.8. The molecule has 0 saturated carbocycles. The van der Waals surface area contributed by atoms with Crippen LogP contribution >= 0.6 is 0 Å². The van der Waals surface area contributed by atoms with Crippen LogP contribution in [-0.2, 0) is 17.9 Å². The predicted octanol–water partition coefficient (Wildman–Crippen LogP) is 3.40. The highest BCUT2D eigenvalue weighted by Crippen LogP contribution is 2.36. The molecule has 2 atom stereocenters. The third kappa shape index (κ3) is 6.09. The molecule has 5 rings (SSSR count). The number of likely N-dealkylation sites (tertiary alicyclic amines) is 1. The van der Waals surface area contributed by atoms with Crippen LogP contribution in [0, 0.1) is 5.92 Å². The molecule has 192 valence electrons. The maximum atomic E-state index is 12.3. The number of piperidine rings is 1. The number of carbonyl (C=O) groups is 1. The summed E-state index contributed by atoms with van der Waals surface area (Å²) in [5, 5.41) is 4.11. The lowest BCUT2D eigenvalue weighted by molar-refractivity contribution is -0.123. The van der Waals surface area contributed by atoms with Gasteiger partial charge >= 0.3 is 0 Å². The molecule has 2 bridgehead atoms. The number of rotatable bonds is 9. The number of hydrogen-bond acceptors (Lipinski definition) is 6. The molecule has 0 spiro atoms. The molecule has 0 aliphatic carbocycles. The van der Waals surface area contributed by atoms with Crippen molar-refractivity contribution in [3.63, 3.8) is 0 Å². The molecule has 0 radical (unpaired) electrons. The van der Waals surface area contributed by atoms with Crippen molar-refractivity contribution in [3.05, 3.63) is 93.9 Å². The molecule has 2 aliphatic rings. The smallest absolute Gasteiger partial charge is 0.277 e. The maximum absolute atomic E-state index is 12.3. The number of benzene rings is 2. The van der Waals surface area contributed by atoms with Crippen LogP contribution < -0.4 is 20.5 Å². The number of fused-ring (bicyclic) bond motifs is 4. The average molecular weight is 501 g/mol. The predicted molar refractivity (Wildman–Crippen MR) is 142 cm³/mol. The minimum atomic E-state index is -0.328. The normalized spacial score (nSPS) is 18.8. The Bertz CT molecular complexity index is 1320. The number of ether oxygens (including phenoxy) is 2. The number of para-hydroxylation sites is 1. The number of carbonyl (C=O) groups excluding carboxylic acids is 1. The Balaban J connectivity index is 1.23. The monoisotopic (exact) mass is 500 g/mol. The molecule has 8 nitrogen and oxygen atoms in total. The van der Waals surface area contributed by atoms with Gasteiger partial charge in [0, 0.05) is 49.4 Å². The number of pyridine rings is 1. The van der Waals surface area contributed by atoms with Crippen molar-refractivity contribution in [1.29, 1.82) is 0 Å². The van der Waals surface area contributed by atoms with Gasteiger partial charge in [-0.2, -0.15) is 5.10 Å². The number of nitrogens with one attached hydrogen (secondary N) is 1. The van der Waals surface area contributed by atoms with Crippen LogP contribution in [0.2, 0.25) is 0 Å². The molecule has 1 saturated heterocycles. The molecular formula is C29H32N4O4. The largest absolute Gasteiger partial charge is 0.494 e. The zero-order valence-electron chi connectivity index (χ0n) is 21.0. The Hall–Kier alpha value is -3.91. The van der Waals surface area contributed by atoms with Gasteiger partial charge in [-0.05, 0) is 61.2 Å². The van der Waals surface area contributed by atoms with Gasteiger partial charge in [0.05, 0.1) is 12.8 Å². The fourth-order valence-corrected chi connectivity index (χ4v) is 5.34. The van der Waals surface area contributed by atoms with E-state index in [9.17, 15) is 9.59 Å². The third-order valence-corrected chi connectivity index (χ3v) is 6.85. The van der Waals surface area contributed by atoms with Gasteiger partial charge in [0.15, 0.2) is 6.61 Å². The van der Waals surface area contributed by atoms with E-state index in [1.807, 2.05) is 47.9 Å². The Morgan fingerprint density at radius 3 is 2.76 bits per heavy atom. The van der Waals surface area contributed by atoms with Gasteiger partial charge in [0.1, 0.15) is 11.5 Å². The van der Waals surface area contributed by atoms with Crippen LogP contribution in [0.3, 0.4) is 0 Å². The number of hydrazone groups is 1. The molecule has 2 aromatic carbocycles. The number of aromatic nitrogens is 1. The van der Waals surface area contributed by atoms with E-state index in [-0.39, 0.29) is 18.1 Å². The fourth-order valence-electron chi connectivity index (χ4n) is 5.34. The van der Waals surface area contributed by atoms with Crippen molar-refractivity contribution >= 4 is 12.1 Å². The van der Waals surface area contributed by atoms with Crippen molar-refractivity contribution in [2.45, 2.75) is 32.4 Å². The molecule has 1 fully saturated rings. The maximum Gasteiger partial charge on any atom is 0.277 e. The van der Waals surface area contributed by atoms with Crippen LogP contribution in [-0.4, -0.2) is 47.9 Å². The molecule has 1 aromatic heterocycles. The van der Waals surface area contributed by atoms with Crippen LogP contribution in [0.4, 0.5) is 0 Å². The van der Waals surface area contributed by atoms with E-state index in [1.54, 1.807) is 24.4 Å². The van der Waals surface area contributed by atoms with Gasteiger partial charge in [-0.15, -0.1) is 0 Å². The van der Waals surface area contributed by atoms with Gasteiger partial charge in [0.2, 0.25) is 0 Å². The summed E-state index contributed by atoms with van der Waals surface area (Å²) in [4.78, 5) is 26.9. The van der Waals surface area contributed by atoms with Gasteiger partial charge in [0.25, 0.3) is 11.5 Å². The van der Waals surface area contributed by atoms with E-state index in [4.69, 9.17) is 9.47 Å². The SMILES string of the molecule is CCOc1ccc(C=NNC(=O)COc2ccccc2)cc1CN1CC2CC(C1)c1cccc(=O)n1C2. The summed E-state index contributed by atoms with van der Waals surface area (Å²) in [6, 6.07) is 20.8. The van der Waals surface area contributed by atoms with E-state index in [0.29, 0.717) is 24.2 Å². The van der Waals surface area contributed by atoms with Crippen molar-refractivity contribution in [1.82, 2.24) is 14.9 Å². The summed E-state index contributed by atoms with van der Waals surface area (Å²) in [5.41, 5.74) is 5.72. The molecule has 3 aromatic rings. The second-order valence-corrected chi connectivity index (χ2v) is 9.59. The van der Waals surface area contributed by atoms with Gasteiger partial charge < -0.3 is 14.0 Å². The van der Waals surface area contributed by atoms with Crippen molar-refractivity contribution in [2.75, 3.05) is 26.3 Å². The first-order valence-electron chi connectivity index (χ1n) is 12.8.